The summed E-state index contributed by atoms with van der Waals surface area (Å²) >= 11 is 0. The first-order chi connectivity index (χ1) is 13.7. The van der Waals surface area contributed by atoms with E-state index in [9.17, 15) is 9.90 Å². The summed E-state index contributed by atoms with van der Waals surface area (Å²) in [6, 6.07) is 0. The Balaban J connectivity index is 1.54. The molecular formula is C26H44O3. The van der Waals surface area contributed by atoms with Crippen LogP contribution < -0.4 is 0 Å². The highest BCUT2D eigenvalue weighted by molar-refractivity contribution is 5.71. The maximum absolute atomic E-state index is 12.0. The third-order valence-corrected chi connectivity index (χ3v) is 10.7. The van der Waals surface area contributed by atoms with Crippen molar-refractivity contribution in [3.8, 4) is 0 Å². The maximum atomic E-state index is 12.0. The van der Waals surface area contributed by atoms with E-state index in [-0.39, 0.29) is 18.0 Å². The van der Waals surface area contributed by atoms with Gasteiger partial charge in [-0.2, -0.15) is 0 Å². The van der Waals surface area contributed by atoms with Crippen molar-refractivity contribution in [3.05, 3.63) is 0 Å². The number of esters is 1. The monoisotopic (exact) mass is 404 g/mol. The highest BCUT2D eigenvalue weighted by atomic mass is 16.5. The van der Waals surface area contributed by atoms with E-state index in [0.717, 1.165) is 24.7 Å². The van der Waals surface area contributed by atoms with E-state index in [1.165, 1.54) is 58.5 Å². The number of methoxy groups -OCH3 is 1. The molecule has 4 aliphatic rings. The molecule has 6 unspecified atom stereocenters. The van der Waals surface area contributed by atoms with Crippen LogP contribution in [0.2, 0.25) is 0 Å². The number of aliphatic hydroxyl groups excluding tert-OH is 1. The molecule has 0 saturated heterocycles. The van der Waals surface area contributed by atoms with Crippen molar-refractivity contribution >= 4 is 5.97 Å². The van der Waals surface area contributed by atoms with E-state index in [1.807, 2.05) is 6.92 Å². The fourth-order valence-corrected chi connectivity index (χ4v) is 9.25. The van der Waals surface area contributed by atoms with E-state index < -0.39 is 0 Å². The second-order valence-corrected chi connectivity index (χ2v) is 11.9. The predicted molar refractivity (Wildman–Crippen MR) is 116 cm³/mol. The van der Waals surface area contributed by atoms with Crippen LogP contribution in [0, 0.1) is 52.3 Å². The summed E-state index contributed by atoms with van der Waals surface area (Å²) in [6.07, 6.45) is 12.5. The van der Waals surface area contributed by atoms with Gasteiger partial charge in [-0.1, -0.05) is 40.5 Å². The van der Waals surface area contributed by atoms with Gasteiger partial charge in [-0.05, 0) is 97.7 Å². The van der Waals surface area contributed by atoms with Crippen molar-refractivity contribution < 1.29 is 14.6 Å². The molecule has 3 nitrogen and oxygen atoms in total. The van der Waals surface area contributed by atoms with Crippen LogP contribution in [-0.4, -0.2) is 24.3 Å². The molecule has 0 aromatic heterocycles. The van der Waals surface area contributed by atoms with E-state index in [2.05, 4.69) is 20.8 Å². The number of fused-ring (bicyclic) bond motifs is 5. The lowest BCUT2D eigenvalue weighted by Gasteiger charge is -2.62. The average Bonchev–Trinajstić information content (AvgIpc) is 3.04. The Labute approximate surface area is 178 Å². The number of rotatable bonds is 4. The zero-order valence-electron chi connectivity index (χ0n) is 19.5. The average molecular weight is 405 g/mol. The molecule has 0 spiro atoms. The lowest BCUT2D eigenvalue weighted by atomic mass is 9.44. The second-order valence-electron chi connectivity index (χ2n) is 11.9. The fourth-order valence-electron chi connectivity index (χ4n) is 9.25. The normalized spacial score (nSPS) is 48.8. The molecule has 29 heavy (non-hydrogen) atoms. The van der Waals surface area contributed by atoms with Gasteiger partial charge in [0, 0.05) is 0 Å². The molecule has 0 heterocycles. The molecule has 0 aromatic carbocycles. The summed E-state index contributed by atoms with van der Waals surface area (Å²) in [4.78, 5) is 12.0. The van der Waals surface area contributed by atoms with Crippen LogP contribution in [0.1, 0.15) is 91.9 Å². The molecule has 10 atom stereocenters. The first kappa shape index (κ1) is 21.7. The molecule has 4 saturated carbocycles. The van der Waals surface area contributed by atoms with E-state index in [0.29, 0.717) is 34.5 Å². The zero-order chi connectivity index (χ0) is 21.0. The third kappa shape index (κ3) is 3.38. The fraction of sp³-hybridized carbons (Fsp3) is 0.962. The maximum Gasteiger partial charge on any atom is 0.308 e. The van der Waals surface area contributed by atoms with Crippen LogP contribution in [0.5, 0.6) is 0 Å². The Morgan fingerprint density at radius 3 is 2.48 bits per heavy atom. The standard InChI is InChI=1S/C26H44O3/c1-16(14-17(2)24(28)29-5)19-9-10-20-23-21(11-13-26(19,20)4)25(3)12-7-6-8-18(25)15-22(23)27/h16-23,27H,6-15H2,1-5H3/t16-,17?,18?,19?,20?,21?,22-,23?,25+,26-/m1/s1. The summed E-state index contributed by atoms with van der Waals surface area (Å²) < 4.78 is 4.98. The first-order valence-corrected chi connectivity index (χ1v) is 12.5. The molecule has 3 heteroatoms. The Morgan fingerprint density at radius 2 is 1.76 bits per heavy atom. The Kier molecular flexibility index (Phi) is 5.86. The van der Waals surface area contributed by atoms with Crippen LogP contribution in [0.25, 0.3) is 0 Å². The predicted octanol–water partition coefficient (Wildman–Crippen LogP) is 5.84. The molecule has 1 N–H and O–H groups in total. The molecular weight excluding hydrogens is 360 g/mol. The van der Waals surface area contributed by atoms with Crippen molar-refractivity contribution in [2.75, 3.05) is 7.11 Å². The number of hydrogen-bond acceptors (Lipinski definition) is 3. The molecule has 0 aromatic rings. The molecule has 4 aliphatic carbocycles. The van der Waals surface area contributed by atoms with Gasteiger partial charge in [-0.25, -0.2) is 0 Å². The van der Waals surface area contributed by atoms with Gasteiger partial charge in [0.05, 0.1) is 19.1 Å². The number of carbonyl (C=O) groups is 1. The number of ether oxygens (including phenoxy) is 1. The summed E-state index contributed by atoms with van der Waals surface area (Å²) in [7, 11) is 1.50. The van der Waals surface area contributed by atoms with Gasteiger partial charge in [0.2, 0.25) is 0 Å². The van der Waals surface area contributed by atoms with Gasteiger partial charge in [-0.15, -0.1) is 0 Å². The van der Waals surface area contributed by atoms with Crippen molar-refractivity contribution in [3.63, 3.8) is 0 Å². The number of carbonyl (C=O) groups excluding carboxylic acids is 1. The van der Waals surface area contributed by atoms with E-state index in [1.54, 1.807) is 0 Å². The molecule has 0 bridgehead atoms. The van der Waals surface area contributed by atoms with Crippen molar-refractivity contribution in [2.24, 2.45) is 52.3 Å². The van der Waals surface area contributed by atoms with Crippen LogP contribution >= 0.6 is 0 Å². The quantitative estimate of drug-likeness (QED) is 0.599. The molecule has 0 amide bonds. The third-order valence-electron chi connectivity index (χ3n) is 10.7. The summed E-state index contributed by atoms with van der Waals surface area (Å²) in [5.41, 5.74) is 0.793. The van der Waals surface area contributed by atoms with Gasteiger partial charge in [-0.3, -0.25) is 4.79 Å². The number of aliphatic hydroxyl groups is 1. The van der Waals surface area contributed by atoms with Gasteiger partial charge < -0.3 is 9.84 Å². The van der Waals surface area contributed by atoms with Gasteiger partial charge in [0.15, 0.2) is 0 Å². The minimum absolute atomic E-state index is 0.0174. The smallest absolute Gasteiger partial charge is 0.308 e. The number of hydrogen-bond donors (Lipinski definition) is 1. The molecule has 0 aliphatic heterocycles. The molecule has 166 valence electrons. The molecule has 0 radical (unpaired) electrons. The van der Waals surface area contributed by atoms with Gasteiger partial charge in [0.25, 0.3) is 0 Å². The Morgan fingerprint density at radius 1 is 1.03 bits per heavy atom. The zero-order valence-corrected chi connectivity index (χ0v) is 19.5. The highest BCUT2D eigenvalue weighted by Crippen LogP contribution is 2.68. The minimum atomic E-state index is -0.0937. The van der Waals surface area contributed by atoms with Gasteiger partial charge in [0.1, 0.15) is 0 Å². The SMILES string of the molecule is COC(=O)C(C)C[C@@H](C)C1CCC2C3C(CC[C@@]21C)[C@@]1(C)CCCCC1C[C@H]3O. The van der Waals surface area contributed by atoms with Gasteiger partial charge >= 0.3 is 5.97 Å². The highest BCUT2D eigenvalue weighted by Gasteiger charge is 2.62. The molecule has 4 rings (SSSR count). The Bertz CT molecular complexity index is 617. The van der Waals surface area contributed by atoms with Crippen LogP contribution in [0.3, 0.4) is 0 Å². The lowest BCUT2D eigenvalue weighted by molar-refractivity contribution is -0.165. The van der Waals surface area contributed by atoms with Crippen molar-refractivity contribution in [2.45, 2.75) is 98.0 Å². The van der Waals surface area contributed by atoms with Crippen LogP contribution in [0.15, 0.2) is 0 Å². The van der Waals surface area contributed by atoms with Crippen LogP contribution in [0.4, 0.5) is 0 Å². The summed E-state index contributed by atoms with van der Waals surface area (Å²) in [5, 5.41) is 11.3. The van der Waals surface area contributed by atoms with Crippen molar-refractivity contribution in [1.29, 1.82) is 0 Å². The van der Waals surface area contributed by atoms with E-state index >= 15 is 0 Å². The largest absolute Gasteiger partial charge is 0.469 e. The summed E-state index contributed by atoms with van der Waals surface area (Å²) in [5.74, 6) is 3.75. The van der Waals surface area contributed by atoms with E-state index in [4.69, 9.17) is 4.74 Å². The van der Waals surface area contributed by atoms with Crippen molar-refractivity contribution in [1.82, 2.24) is 0 Å². The minimum Gasteiger partial charge on any atom is -0.469 e. The first-order valence-electron chi connectivity index (χ1n) is 12.5. The summed E-state index contributed by atoms with van der Waals surface area (Å²) in [6.45, 7) is 9.49. The topological polar surface area (TPSA) is 46.5 Å². The Hall–Kier alpha value is -0.570. The lowest BCUT2D eigenvalue weighted by Crippen LogP contribution is -2.57. The second kappa shape index (κ2) is 7.84. The van der Waals surface area contributed by atoms with Crippen LogP contribution in [-0.2, 0) is 9.53 Å². The molecule has 4 fully saturated rings.